The third-order valence-electron chi connectivity index (χ3n) is 2.69. The minimum atomic E-state index is -0.0763. The maximum absolute atomic E-state index is 12.0. The van der Waals surface area contributed by atoms with Gasteiger partial charge in [0.25, 0.3) is 5.91 Å². The van der Waals surface area contributed by atoms with E-state index < -0.39 is 0 Å². The first-order valence-electron chi connectivity index (χ1n) is 5.86. The zero-order chi connectivity index (χ0) is 13.7. The van der Waals surface area contributed by atoms with Gasteiger partial charge in [-0.05, 0) is 48.2 Å². The van der Waals surface area contributed by atoms with Gasteiger partial charge in [-0.25, -0.2) is 0 Å². The standard InChI is InChI=1S/C15H14ClNOS/c1-19-14-7-5-12(6-8-14)15(18)17-10-11-3-2-4-13(16)9-11/h2-9H,10H2,1H3,(H,17,18). The van der Waals surface area contributed by atoms with E-state index >= 15 is 0 Å². The summed E-state index contributed by atoms with van der Waals surface area (Å²) < 4.78 is 0. The van der Waals surface area contributed by atoms with Crippen LogP contribution in [0.2, 0.25) is 5.02 Å². The molecule has 2 aromatic rings. The highest BCUT2D eigenvalue weighted by atomic mass is 35.5. The largest absolute Gasteiger partial charge is 0.348 e. The molecule has 1 amide bonds. The van der Waals surface area contributed by atoms with Crippen molar-refractivity contribution in [2.45, 2.75) is 11.4 Å². The minimum Gasteiger partial charge on any atom is -0.348 e. The Balaban J connectivity index is 1.97. The van der Waals surface area contributed by atoms with Crippen molar-refractivity contribution in [3.8, 4) is 0 Å². The molecule has 1 N–H and O–H groups in total. The summed E-state index contributed by atoms with van der Waals surface area (Å²) in [6.07, 6.45) is 2.01. The van der Waals surface area contributed by atoms with Gasteiger partial charge in [-0.1, -0.05) is 23.7 Å². The van der Waals surface area contributed by atoms with E-state index in [0.717, 1.165) is 10.5 Å². The lowest BCUT2D eigenvalue weighted by molar-refractivity contribution is 0.0951. The lowest BCUT2D eigenvalue weighted by Gasteiger charge is -2.06. The summed E-state index contributed by atoms with van der Waals surface area (Å²) in [6, 6.07) is 15.0. The predicted octanol–water partition coefficient (Wildman–Crippen LogP) is 3.99. The summed E-state index contributed by atoms with van der Waals surface area (Å²) >= 11 is 7.55. The van der Waals surface area contributed by atoms with Crippen molar-refractivity contribution in [2.24, 2.45) is 0 Å². The average molecular weight is 292 g/mol. The molecule has 0 saturated carbocycles. The van der Waals surface area contributed by atoms with Gasteiger partial charge in [0, 0.05) is 22.0 Å². The van der Waals surface area contributed by atoms with Gasteiger partial charge < -0.3 is 5.32 Å². The third-order valence-corrected chi connectivity index (χ3v) is 3.67. The van der Waals surface area contributed by atoms with Crippen molar-refractivity contribution < 1.29 is 4.79 Å². The molecule has 0 aliphatic rings. The molecule has 4 heteroatoms. The fraction of sp³-hybridized carbons (Fsp3) is 0.133. The van der Waals surface area contributed by atoms with E-state index in [2.05, 4.69) is 5.32 Å². The summed E-state index contributed by atoms with van der Waals surface area (Å²) in [7, 11) is 0. The van der Waals surface area contributed by atoms with Crippen LogP contribution in [0.1, 0.15) is 15.9 Å². The summed E-state index contributed by atoms with van der Waals surface area (Å²) in [5.74, 6) is -0.0763. The van der Waals surface area contributed by atoms with Crippen LogP contribution < -0.4 is 5.32 Å². The van der Waals surface area contributed by atoms with Crippen LogP contribution in [0, 0.1) is 0 Å². The zero-order valence-electron chi connectivity index (χ0n) is 10.5. The number of carbonyl (C=O) groups is 1. The molecule has 98 valence electrons. The molecule has 2 nitrogen and oxygen atoms in total. The second-order valence-corrected chi connectivity index (χ2v) is 5.36. The molecule has 0 heterocycles. The van der Waals surface area contributed by atoms with Gasteiger partial charge in [0.2, 0.25) is 0 Å². The van der Waals surface area contributed by atoms with Crippen LogP contribution in [0.3, 0.4) is 0 Å². The molecule has 0 unspecified atom stereocenters. The average Bonchev–Trinajstić information content (AvgIpc) is 2.45. The Bertz CT molecular complexity index is 569. The first kappa shape index (κ1) is 14.0. The molecule has 0 spiro atoms. The van der Waals surface area contributed by atoms with Gasteiger partial charge in [-0.15, -0.1) is 11.8 Å². The molecule has 0 saturated heterocycles. The molecule has 19 heavy (non-hydrogen) atoms. The van der Waals surface area contributed by atoms with Crippen molar-refractivity contribution in [3.63, 3.8) is 0 Å². The van der Waals surface area contributed by atoms with E-state index in [0.29, 0.717) is 17.1 Å². The predicted molar refractivity (Wildman–Crippen MR) is 80.8 cm³/mol. The van der Waals surface area contributed by atoms with Crippen LogP contribution in [-0.2, 0) is 6.54 Å². The monoisotopic (exact) mass is 291 g/mol. The van der Waals surface area contributed by atoms with Crippen molar-refractivity contribution in [1.82, 2.24) is 5.32 Å². The fourth-order valence-electron chi connectivity index (χ4n) is 1.67. The quantitative estimate of drug-likeness (QED) is 0.863. The number of halogens is 1. The Morgan fingerprint density at radius 3 is 2.58 bits per heavy atom. The Kier molecular flexibility index (Phi) is 4.88. The number of amides is 1. The maximum Gasteiger partial charge on any atom is 0.251 e. The van der Waals surface area contributed by atoms with Crippen molar-refractivity contribution in [2.75, 3.05) is 6.26 Å². The van der Waals surface area contributed by atoms with E-state index in [9.17, 15) is 4.79 Å². The van der Waals surface area contributed by atoms with Crippen molar-refractivity contribution >= 4 is 29.3 Å². The molecule has 0 fully saturated rings. The Hall–Kier alpha value is -1.45. The number of nitrogens with one attached hydrogen (secondary N) is 1. The number of thioether (sulfide) groups is 1. The van der Waals surface area contributed by atoms with E-state index in [-0.39, 0.29) is 5.91 Å². The highest BCUT2D eigenvalue weighted by Gasteiger charge is 2.05. The first-order valence-corrected chi connectivity index (χ1v) is 7.46. The Labute approximate surface area is 122 Å². The number of benzene rings is 2. The summed E-state index contributed by atoms with van der Waals surface area (Å²) in [5.41, 5.74) is 1.65. The minimum absolute atomic E-state index is 0.0763. The van der Waals surface area contributed by atoms with Crippen LogP contribution in [0.15, 0.2) is 53.4 Å². The van der Waals surface area contributed by atoms with Gasteiger partial charge >= 0.3 is 0 Å². The molecule has 0 atom stereocenters. The highest BCUT2D eigenvalue weighted by molar-refractivity contribution is 7.98. The van der Waals surface area contributed by atoms with Crippen molar-refractivity contribution in [3.05, 3.63) is 64.7 Å². The molecule has 0 radical (unpaired) electrons. The van der Waals surface area contributed by atoms with Gasteiger partial charge in [0.1, 0.15) is 0 Å². The molecule has 2 aromatic carbocycles. The highest BCUT2D eigenvalue weighted by Crippen LogP contribution is 2.15. The smallest absolute Gasteiger partial charge is 0.251 e. The van der Waals surface area contributed by atoms with Gasteiger partial charge in [0.05, 0.1) is 0 Å². The number of hydrogen-bond acceptors (Lipinski definition) is 2. The number of hydrogen-bond donors (Lipinski definition) is 1. The number of carbonyl (C=O) groups excluding carboxylic acids is 1. The normalized spacial score (nSPS) is 10.2. The maximum atomic E-state index is 12.0. The number of rotatable bonds is 4. The Morgan fingerprint density at radius 1 is 1.21 bits per heavy atom. The van der Waals surface area contributed by atoms with E-state index in [1.807, 2.05) is 54.8 Å². The van der Waals surface area contributed by atoms with Crippen LogP contribution in [-0.4, -0.2) is 12.2 Å². The van der Waals surface area contributed by atoms with E-state index in [1.165, 1.54) is 0 Å². The molecule has 0 aliphatic heterocycles. The van der Waals surface area contributed by atoms with Gasteiger partial charge in [-0.2, -0.15) is 0 Å². The van der Waals surface area contributed by atoms with Crippen molar-refractivity contribution in [1.29, 1.82) is 0 Å². The van der Waals surface area contributed by atoms with E-state index in [4.69, 9.17) is 11.6 Å². The van der Waals surface area contributed by atoms with Gasteiger partial charge in [0.15, 0.2) is 0 Å². The van der Waals surface area contributed by atoms with Crippen LogP contribution in [0.5, 0.6) is 0 Å². The molecular weight excluding hydrogens is 278 g/mol. The second kappa shape index (κ2) is 6.64. The fourth-order valence-corrected chi connectivity index (χ4v) is 2.29. The third kappa shape index (κ3) is 4.01. The molecule has 2 rings (SSSR count). The zero-order valence-corrected chi connectivity index (χ0v) is 12.1. The summed E-state index contributed by atoms with van der Waals surface area (Å²) in [6.45, 7) is 0.476. The first-order chi connectivity index (χ1) is 9.19. The summed E-state index contributed by atoms with van der Waals surface area (Å²) in [4.78, 5) is 13.1. The van der Waals surface area contributed by atoms with Crippen LogP contribution in [0.4, 0.5) is 0 Å². The topological polar surface area (TPSA) is 29.1 Å². The second-order valence-electron chi connectivity index (χ2n) is 4.04. The Morgan fingerprint density at radius 2 is 1.95 bits per heavy atom. The SMILES string of the molecule is CSc1ccc(C(=O)NCc2cccc(Cl)c2)cc1. The van der Waals surface area contributed by atoms with E-state index in [1.54, 1.807) is 11.8 Å². The molecular formula is C15H14ClNOS. The molecule has 0 aliphatic carbocycles. The van der Waals surface area contributed by atoms with Crippen LogP contribution in [0.25, 0.3) is 0 Å². The lowest BCUT2D eigenvalue weighted by Crippen LogP contribution is -2.22. The molecule has 0 bridgehead atoms. The van der Waals surface area contributed by atoms with Crippen LogP contribution >= 0.6 is 23.4 Å². The van der Waals surface area contributed by atoms with Gasteiger partial charge in [-0.3, -0.25) is 4.79 Å². The summed E-state index contributed by atoms with van der Waals surface area (Å²) in [5, 5.41) is 3.55. The lowest BCUT2D eigenvalue weighted by atomic mass is 10.2. The molecule has 0 aromatic heterocycles.